The minimum atomic E-state index is -3.41. The first-order valence-electron chi connectivity index (χ1n) is 11.0. The van der Waals surface area contributed by atoms with Gasteiger partial charge in [0.2, 0.25) is 10.0 Å². The topological polar surface area (TPSA) is 69.6 Å². The van der Waals surface area contributed by atoms with Gasteiger partial charge in [0, 0.05) is 63.0 Å². The van der Waals surface area contributed by atoms with Gasteiger partial charge in [0.1, 0.15) is 15.7 Å². The maximum Gasteiger partial charge on any atom is 0.244 e. The van der Waals surface area contributed by atoms with Crippen LogP contribution in [0.25, 0.3) is 10.6 Å². The van der Waals surface area contributed by atoms with E-state index in [2.05, 4.69) is 32.3 Å². The number of anilines is 1. The van der Waals surface area contributed by atoms with Crippen LogP contribution < -0.4 is 4.90 Å². The summed E-state index contributed by atoms with van der Waals surface area (Å²) in [4.78, 5) is 14.2. The quantitative estimate of drug-likeness (QED) is 0.552. The number of piperazine rings is 1. The van der Waals surface area contributed by atoms with Crippen LogP contribution in [0.5, 0.6) is 0 Å². The van der Waals surface area contributed by atoms with E-state index in [0.717, 1.165) is 67.6 Å². The highest BCUT2D eigenvalue weighted by molar-refractivity contribution is 7.89. The summed E-state index contributed by atoms with van der Waals surface area (Å²) in [6, 6.07) is 13.8. The predicted octanol–water partition coefficient (Wildman–Crippen LogP) is 3.31. The zero-order valence-electron chi connectivity index (χ0n) is 17.9. The Morgan fingerprint density at radius 1 is 0.906 bits per heavy atom. The molecule has 7 nitrogen and oxygen atoms in total. The molecule has 1 aromatic carbocycles. The number of benzene rings is 1. The van der Waals surface area contributed by atoms with Gasteiger partial charge in [0.15, 0.2) is 0 Å². The maximum atomic E-state index is 12.7. The monoisotopic (exact) mass is 469 g/mol. The maximum absolute atomic E-state index is 12.7. The second kappa shape index (κ2) is 9.27. The van der Waals surface area contributed by atoms with E-state index in [0.29, 0.717) is 18.0 Å². The van der Waals surface area contributed by atoms with Crippen molar-refractivity contribution < 1.29 is 8.42 Å². The summed E-state index contributed by atoms with van der Waals surface area (Å²) < 4.78 is 26.9. The van der Waals surface area contributed by atoms with Crippen molar-refractivity contribution >= 4 is 27.2 Å². The summed E-state index contributed by atoms with van der Waals surface area (Å²) in [6.45, 7) is 5.64. The molecule has 2 saturated heterocycles. The third-order valence-corrected chi connectivity index (χ3v) is 8.90. The van der Waals surface area contributed by atoms with Crippen molar-refractivity contribution in [3.05, 3.63) is 59.7 Å². The molecule has 0 saturated carbocycles. The number of hydrogen-bond acceptors (Lipinski definition) is 7. The molecule has 2 aliphatic heterocycles. The Kier molecular flexibility index (Phi) is 6.23. The number of aromatic nitrogens is 2. The van der Waals surface area contributed by atoms with Gasteiger partial charge in [-0.15, -0.1) is 11.3 Å². The number of rotatable bonds is 6. The molecule has 32 heavy (non-hydrogen) atoms. The molecule has 168 valence electrons. The van der Waals surface area contributed by atoms with Crippen LogP contribution in [0.3, 0.4) is 0 Å². The van der Waals surface area contributed by atoms with Gasteiger partial charge < -0.3 is 4.90 Å². The van der Waals surface area contributed by atoms with Gasteiger partial charge in [-0.1, -0.05) is 30.3 Å². The summed E-state index contributed by atoms with van der Waals surface area (Å²) in [7, 11) is -3.41. The molecule has 4 heterocycles. The standard InChI is InChI=1S/C23H27N5O2S2/c29-32(30,28-10-4-5-11-28)21-8-9-22(24-16-21)27-14-12-26(13-15-27)17-20-18-31-23(25-20)19-6-2-1-3-7-19/h1-3,6-9,16,18H,4-5,10-15,17H2. The zero-order valence-corrected chi connectivity index (χ0v) is 19.6. The first-order chi connectivity index (χ1) is 15.6. The summed E-state index contributed by atoms with van der Waals surface area (Å²) in [5.41, 5.74) is 2.27. The molecule has 2 aliphatic rings. The zero-order chi connectivity index (χ0) is 22.0. The highest BCUT2D eigenvalue weighted by atomic mass is 32.2. The first kappa shape index (κ1) is 21.5. The highest BCUT2D eigenvalue weighted by Crippen LogP contribution is 2.25. The fraction of sp³-hybridized carbons (Fsp3) is 0.391. The lowest BCUT2D eigenvalue weighted by atomic mass is 10.2. The average Bonchev–Trinajstić information content (AvgIpc) is 3.53. The molecule has 0 aliphatic carbocycles. The van der Waals surface area contributed by atoms with Gasteiger partial charge in [-0.25, -0.2) is 18.4 Å². The van der Waals surface area contributed by atoms with Crippen LogP contribution in [-0.2, 0) is 16.6 Å². The van der Waals surface area contributed by atoms with Crippen LogP contribution in [0.2, 0.25) is 0 Å². The van der Waals surface area contributed by atoms with E-state index >= 15 is 0 Å². The Morgan fingerprint density at radius 3 is 2.34 bits per heavy atom. The molecule has 0 atom stereocenters. The number of thiazole rings is 1. The third-order valence-electron chi connectivity index (χ3n) is 6.08. The van der Waals surface area contributed by atoms with E-state index in [9.17, 15) is 8.42 Å². The summed E-state index contributed by atoms with van der Waals surface area (Å²) in [5, 5.41) is 3.21. The van der Waals surface area contributed by atoms with Gasteiger partial charge in [0.25, 0.3) is 0 Å². The molecule has 0 N–H and O–H groups in total. The SMILES string of the molecule is O=S(=O)(c1ccc(N2CCN(Cc3csc(-c4ccccc4)n3)CC2)nc1)N1CCCC1. The van der Waals surface area contributed by atoms with Gasteiger partial charge >= 0.3 is 0 Å². The molecule has 9 heteroatoms. The molecule has 0 spiro atoms. The second-order valence-corrected chi connectivity index (χ2v) is 11.0. The fourth-order valence-corrected chi connectivity index (χ4v) is 6.53. The minimum Gasteiger partial charge on any atom is -0.354 e. The highest BCUT2D eigenvalue weighted by Gasteiger charge is 2.28. The Labute approximate surface area is 193 Å². The van der Waals surface area contributed by atoms with Crippen molar-refractivity contribution in [1.82, 2.24) is 19.2 Å². The van der Waals surface area contributed by atoms with Crippen LogP contribution in [0.4, 0.5) is 5.82 Å². The molecule has 5 rings (SSSR count). The molecule has 3 aromatic rings. The molecule has 0 unspecified atom stereocenters. The van der Waals surface area contributed by atoms with Crippen LogP contribution in [-0.4, -0.2) is 66.9 Å². The Morgan fingerprint density at radius 2 is 1.66 bits per heavy atom. The molecule has 2 aromatic heterocycles. The van der Waals surface area contributed by atoms with E-state index in [1.807, 2.05) is 24.3 Å². The van der Waals surface area contributed by atoms with E-state index in [4.69, 9.17) is 4.98 Å². The number of nitrogens with zero attached hydrogens (tertiary/aromatic N) is 5. The number of sulfonamides is 1. The van der Waals surface area contributed by atoms with E-state index in [1.165, 1.54) is 6.20 Å². The van der Waals surface area contributed by atoms with Crippen molar-refractivity contribution in [3.8, 4) is 10.6 Å². The lowest BCUT2D eigenvalue weighted by Gasteiger charge is -2.35. The Bertz CT molecular complexity index is 1130. The summed E-state index contributed by atoms with van der Waals surface area (Å²) >= 11 is 1.69. The summed E-state index contributed by atoms with van der Waals surface area (Å²) in [6.07, 6.45) is 3.38. The van der Waals surface area contributed by atoms with E-state index in [-0.39, 0.29) is 0 Å². The molecule has 0 radical (unpaired) electrons. The average molecular weight is 470 g/mol. The number of pyridine rings is 1. The Hall–Kier alpha value is -2.33. The van der Waals surface area contributed by atoms with Crippen LogP contribution in [0.15, 0.2) is 58.9 Å². The summed E-state index contributed by atoms with van der Waals surface area (Å²) in [5.74, 6) is 0.838. The normalized spacial score (nSPS) is 18.3. The van der Waals surface area contributed by atoms with Crippen molar-refractivity contribution in [1.29, 1.82) is 0 Å². The lowest BCUT2D eigenvalue weighted by Crippen LogP contribution is -2.46. The predicted molar refractivity (Wildman–Crippen MR) is 127 cm³/mol. The molecular formula is C23H27N5O2S2. The van der Waals surface area contributed by atoms with Crippen LogP contribution in [0.1, 0.15) is 18.5 Å². The van der Waals surface area contributed by atoms with E-state index < -0.39 is 10.0 Å². The smallest absolute Gasteiger partial charge is 0.244 e. The van der Waals surface area contributed by atoms with Gasteiger partial charge in [-0.3, -0.25) is 4.90 Å². The largest absolute Gasteiger partial charge is 0.354 e. The van der Waals surface area contributed by atoms with Gasteiger partial charge in [-0.2, -0.15) is 4.31 Å². The van der Waals surface area contributed by atoms with E-state index in [1.54, 1.807) is 21.7 Å². The van der Waals surface area contributed by atoms with Crippen molar-refractivity contribution in [2.45, 2.75) is 24.3 Å². The fourth-order valence-electron chi connectivity index (χ4n) is 4.25. The number of hydrogen-bond donors (Lipinski definition) is 0. The first-order valence-corrected chi connectivity index (χ1v) is 13.3. The van der Waals surface area contributed by atoms with Crippen molar-refractivity contribution in [2.24, 2.45) is 0 Å². The van der Waals surface area contributed by atoms with Gasteiger partial charge in [0.05, 0.1) is 5.69 Å². The lowest BCUT2D eigenvalue weighted by molar-refractivity contribution is 0.247. The van der Waals surface area contributed by atoms with Crippen molar-refractivity contribution in [2.75, 3.05) is 44.2 Å². The van der Waals surface area contributed by atoms with Crippen molar-refractivity contribution in [3.63, 3.8) is 0 Å². The second-order valence-electron chi connectivity index (χ2n) is 8.24. The van der Waals surface area contributed by atoms with Gasteiger partial charge in [-0.05, 0) is 25.0 Å². The van der Waals surface area contributed by atoms with Crippen LogP contribution in [0, 0.1) is 0 Å². The third kappa shape index (κ3) is 4.56. The Balaban J connectivity index is 1.17. The molecule has 0 bridgehead atoms. The minimum absolute atomic E-state index is 0.291. The molecule has 2 fully saturated rings. The molecule has 0 amide bonds. The molecular weight excluding hydrogens is 442 g/mol. The van der Waals surface area contributed by atoms with Crippen LogP contribution >= 0.6 is 11.3 Å².